The molecule has 1 unspecified atom stereocenters. The van der Waals surface area contributed by atoms with Gasteiger partial charge in [-0.2, -0.15) is 0 Å². The monoisotopic (exact) mass is 513 g/mol. The Hall–Kier alpha value is -2.56. The van der Waals surface area contributed by atoms with Crippen molar-refractivity contribution in [1.29, 1.82) is 0 Å². The molecule has 2 atom stereocenters. The van der Waals surface area contributed by atoms with Gasteiger partial charge >= 0.3 is 0 Å². The van der Waals surface area contributed by atoms with E-state index >= 15 is 0 Å². The number of aromatic nitrogens is 3. The van der Waals surface area contributed by atoms with Crippen LogP contribution in [0.3, 0.4) is 0 Å². The van der Waals surface area contributed by atoms with E-state index < -0.39 is 6.10 Å². The first kappa shape index (κ1) is 24.1. The first-order valence-corrected chi connectivity index (χ1v) is 12.8. The fraction of sp³-hybridized carbons (Fsp3) is 0.400. The van der Waals surface area contributed by atoms with Crippen LogP contribution in [0.2, 0.25) is 5.02 Å². The average molecular weight is 514 g/mol. The van der Waals surface area contributed by atoms with Crippen molar-refractivity contribution >= 4 is 33.2 Å². The van der Waals surface area contributed by atoms with Gasteiger partial charge in [-0.25, -0.2) is 4.98 Å². The molecule has 1 N–H and O–H groups in total. The molecule has 0 spiro atoms. The first-order valence-electron chi connectivity index (χ1n) is 11.7. The molecule has 5 rings (SSSR count). The number of β-amino-alcohol motifs (C(OH)–C–C–N with tert-alkyl or cyclic N) is 1. The van der Waals surface area contributed by atoms with Crippen LogP contribution in [-0.2, 0) is 6.54 Å². The van der Waals surface area contributed by atoms with E-state index in [0.29, 0.717) is 29.9 Å². The zero-order valence-corrected chi connectivity index (χ0v) is 21.3. The number of aryl methyl sites for hydroxylation is 1. The summed E-state index contributed by atoms with van der Waals surface area (Å²) in [7, 11) is 0. The maximum absolute atomic E-state index is 10.6. The van der Waals surface area contributed by atoms with Crippen LogP contribution >= 0.6 is 22.9 Å². The Morgan fingerprint density at radius 3 is 2.83 bits per heavy atom. The smallest absolute Gasteiger partial charge is 0.247 e. The third-order valence-electron chi connectivity index (χ3n) is 6.12. The van der Waals surface area contributed by atoms with Gasteiger partial charge in [0.1, 0.15) is 18.5 Å². The Balaban J connectivity index is 1.09. The number of piperazine rings is 1. The number of fused-ring (bicyclic) bond motifs is 1. The van der Waals surface area contributed by atoms with E-state index in [2.05, 4.69) is 31.9 Å². The third kappa shape index (κ3) is 5.99. The molecule has 2 aromatic carbocycles. The number of nitrogens with zero attached hydrogens (tertiary/aromatic N) is 5. The summed E-state index contributed by atoms with van der Waals surface area (Å²) < 4.78 is 12.9. The fourth-order valence-electron chi connectivity index (χ4n) is 4.33. The summed E-state index contributed by atoms with van der Waals surface area (Å²) in [5.74, 6) is 1.82. The van der Waals surface area contributed by atoms with E-state index in [1.54, 1.807) is 23.5 Å². The average Bonchev–Trinajstić information content (AvgIpc) is 3.45. The van der Waals surface area contributed by atoms with Crippen LogP contribution in [0, 0.1) is 6.92 Å². The van der Waals surface area contributed by atoms with Crippen LogP contribution in [0.5, 0.6) is 5.75 Å². The number of aliphatic hydroxyl groups is 1. The first-order chi connectivity index (χ1) is 16.9. The van der Waals surface area contributed by atoms with Crippen LogP contribution in [0.15, 0.2) is 46.9 Å². The van der Waals surface area contributed by atoms with Gasteiger partial charge in [0.25, 0.3) is 0 Å². The predicted octanol–water partition coefficient (Wildman–Crippen LogP) is 4.25. The van der Waals surface area contributed by atoms with Gasteiger partial charge in [-0.15, -0.1) is 21.5 Å². The zero-order chi connectivity index (χ0) is 24.4. The second-order valence-electron chi connectivity index (χ2n) is 8.91. The van der Waals surface area contributed by atoms with Crippen molar-refractivity contribution in [1.82, 2.24) is 25.0 Å². The van der Waals surface area contributed by atoms with Crippen molar-refractivity contribution in [3.63, 3.8) is 0 Å². The number of hydrogen-bond donors (Lipinski definition) is 1. The number of benzene rings is 2. The highest BCUT2D eigenvalue weighted by Gasteiger charge is 2.26. The van der Waals surface area contributed by atoms with Crippen LogP contribution in [-0.4, -0.2) is 75.0 Å². The Bertz CT molecular complexity index is 1280. The van der Waals surface area contributed by atoms with Gasteiger partial charge in [-0.3, -0.25) is 9.80 Å². The topological polar surface area (TPSA) is 87.8 Å². The van der Waals surface area contributed by atoms with E-state index in [9.17, 15) is 5.11 Å². The highest BCUT2D eigenvalue weighted by atomic mass is 35.5. The Kier molecular flexibility index (Phi) is 7.31. The van der Waals surface area contributed by atoms with Crippen molar-refractivity contribution in [2.45, 2.75) is 32.5 Å². The highest BCUT2D eigenvalue weighted by Crippen LogP contribution is 2.26. The van der Waals surface area contributed by atoms with Crippen molar-refractivity contribution in [3.05, 3.63) is 58.4 Å². The molecule has 184 valence electrons. The molecule has 2 aromatic heterocycles. The molecular formula is C25H28ClN5O3S. The molecule has 1 saturated heterocycles. The molecular weight excluding hydrogens is 486 g/mol. The van der Waals surface area contributed by atoms with Crippen LogP contribution in [0.25, 0.3) is 21.7 Å². The largest absolute Gasteiger partial charge is 0.491 e. The van der Waals surface area contributed by atoms with Crippen LogP contribution in [0.1, 0.15) is 17.8 Å². The van der Waals surface area contributed by atoms with E-state index in [-0.39, 0.29) is 12.6 Å². The summed E-state index contributed by atoms with van der Waals surface area (Å²) in [4.78, 5) is 9.10. The second kappa shape index (κ2) is 10.6. The number of rotatable bonds is 8. The van der Waals surface area contributed by atoms with Crippen LogP contribution in [0.4, 0.5) is 0 Å². The lowest BCUT2D eigenvalue weighted by Gasteiger charge is -2.40. The second-order valence-corrected chi connectivity index (χ2v) is 10.6. The summed E-state index contributed by atoms with van der Waals surface area (Å²) >= 11 is 7.62. The third-order valence-corrected chi connectivity index (χ3v) is 7.32. The van der Waals surface area contributed by atoms with E-state index in [0.717, 1.165) is 46.2 Å². The van der Waals surface area contributed by atoms with Crippen molar-refractivity contribution < 1.29 is 14.3 Å². The minimum absolute atomic E-state index is 0.247. The molecule has 8 nitrogen and oxygen atoms in total. The fourth-order valence-corrected chi connectivity index (χ4v) is 5.26. The summed E-state index contributed by atoms with van der Waals surface area (Å²) in [6.07, 6.45) is -0.574. The molecule has 0 aliphatic carbocycles. The molecule has 4 aromatic rings. The number of halogens is 1. The number of thiazole rings is 1. The van der Waals surface area contributed by atoms with Crippen LogP contribution < -0.4 is 4.74 Å². The van der Waals surface area contributed by atoms with E-state index in [1.807, 2.05) is 37.3 Å². The molecule has 10 heteroatoms. The van der Waals surface area contributed by atoms with Crippen molar-refractivity contribution in [2.75, 3.05) is 32.8 Å². The maximum atomic E-state index is 10.6. The van der Waals surface area contributed by atoms with Gasteiger partial charge in [0, 0.05) is 48.9 Å². The van der Waals surface area contributed by atoms with Gasteiger partial charge in [0.2, 0.25) is 11.8 Å². The maximum Gasteiger partial charge on any atom is 0.247 e. The molecule has 0 bridgehead atoms. The predicted molar refractivity (Wildman–Crippen MR) is 137 cm³/mol. The molecule has 1 fully saturated rings. The Morgan fingerprint density at radius 2 is 2.03 bits per heavy atom. The normalized spacial score (nSPS) is 18.2. The van der Waals surface area contributed by atoms with Gasteiger partial charge < -0.3 is 14.3 Å². The summed E-state index contributed by atoms with van der Waals surface area (Å²) in [6.45, 7) is 8.14. The van der Waals surface area contributed by atoms with E-state index in [4.69, 9.17) is 20.8 Å². The molecule has 3 heterocycles. The molecule has 0 saturated carbocycles. The van der Waals surface area contributed by atoms with Gasteiger partial charge in [0.05, 0.1) is 21.8 Å². The minimum atomic E-state index is -0.574. The van der Waals surface area contributed by atoms with Gasteiger partial charge in [-0.1, -0.05) is 11.6 Å². The quantitative estimate of drug-likeness (QED) is 0.374. The van der Waals surface area contributed by atoms with Crippen molar-refractivity contribution in [3.8, 4) is 17.2 Å². The SMILES string of the molecule is Cc1nc2cc(OCC(O)CN3CCN(Cc4nnc(-c5ccc(Cl)cc5)o4)C[C@@H]3C)ccc2s1. The number of hydrogen-bond acceptors (Lipinski definition) is 9. The lowest BCUT2D eigenvalue weighted by atomic mass is 10.1. The minimum Gasteiger partial charge on any atom is -0.491 e. The van der Waals surface area contributed by atoms with Gasteiger partial charge in [-0.05, 0) is 50.2 Å². The Labute approximate surface area is 213 Å². The lowest BCUT2D eigenvalue weighted by Crippen LogP contribution is -2.53. The highest BCUT2D eigenvalue weighted by molar-refractivity contribution is 7.18. The van der Waals surface area contributed by atoms with E-state index in [1.165, 1.54) is 0 Å². The molecule has 35 heavy (non-hydrogen) atoms. The standard InChI is InChI=1S/C25H28ClN5O3S/c1-16-12-30(14-24-28-29-25(34-24)18-3-5-19(26)6-4-18)9-10-31(16)13-20(32)15-33-21-7-8-23-22(11-21)27-17(2)35-23/h3-8,11,16,20,32H,9-10,12-15H2,1-2H3/t16-,20?/m0/s1. The van der Waals surface area contributed by atoms with Crippen molar-refractivity contribution in [2.24, 2.45) is 0 Å². The zero-order valence-electron chi connectivity index (χ0n) is 19.7. The number of ether oxygens (including phenoxy) is 1. The summed E-state index contributed by atoms with van der Waals surface area (Å²) in [5, 5.41) is 20.7. The molecule has 1 aliphatic rings. The number of aliphatic hydroxyl groups excluding tert-OH is 1. The summed E-state index contributed by atoms with van der Waals surface area (Å²) in [5.41, 5.74) is 1.79. The lowest BCUT2D eigenvalue weighted by molar-refractivity contribution is 0.0178. The molecule has 1 aliphatic heterocycles. The molecule has 0 radical (unpaired) electrons. The Morgan fingerprint density at radius 1 is 1.20 bits per heavy atom. The van der Waals surface area contributed by atoms with Gasteiger partial charge in [0.15, 0.2) is 0 Å². The summed E-state index contributed by atoms with van der Waals surface area (Å²) in [6, 6.07) is 13.5. The molecule has 0 amide bonds.